The third kappa shape index (κ3) is 3.40. The molecular formula is C15H19NS. The predicted octanol–water partition coefficient (Wildman–Crippen LogP) is 4.23. The Bertz CT molecular complexity index is 465. The van der Waals surface area contributed by atoms with Crippen molar-refractivity contribution in [1.29, 1.82) is 0 Å². The van der Waals surface area contributed by atoms with Gasteiger partial charge in [0.15, 0.2) is 0 Å². The van der Waals surface area contributed by atoms with Gasteiger partial charge < -0.3 is 0 Å². The number of hydrogen-bond donors (Lipinski definition) is 0. The lowest BCUT2D eigenvalue weighted by Crippen LogP contribution is -2.08. The van der Waals surface area contributed by atoms with Gasteiger partial charge in [-0.1, -0.05) is 26.8 Å². The van der Waals surface area contributed by atoms with E-state index in [9.17, 15) is 0 Å². The molecule has 0 atom stereocenters. The van der Waals surface area contributed by atoms with E-state index in [2.05, 4.69) is 43.3 Å². The van der Waals surface area contributed by atoms with Crippen molar-refractivity contribution in [2.24, 2.45) is 0 Å². The summed E-state index contributed by atoms with van der Waals surface area (Å²) in [6.45, 7) is 6.80. The summed E-state index contributed by atoms with van der Waals surface area (Å²) in [5.74, 6) is 0. The quantitative estimate of drug-likeness (QED) is 0.788. The smallest absolute Gasteiger partial charge is 0.0299 e. The summed E-state index contributed by atoms with van der Waals surface area (Å²) < 4.78 is 0. The number of hydrogen-bond acceptors (Lipinski definition) is 2. The van der Waals surface area contributed by atoms with Crippen LogP contribution in [0.4, 0.5) is 0 Å². The van der Waals surface area contributed by atoms with Crippen LogP contribution in [0.15, 0.2) is 36.0 Å². The molecule has 90 valence electrons. The molecule has 0 radical (unpaired) electrons. The maximum Gasteiger partial charge on any atom is 0.0299 e. The van der Waals surface area contributed by atoms with E-state index in [4.69, 9.17) is 0 Å². The van der Waals surface area contributed by atoms with Gasteiger partial charge in [0.25, 0.3) is 0 Å². The van der Waals surface area contributed by atoms with Gasteiger partial charge >= 0.3 is 0 Å². The minimum Gasteiger partial charge on any atom is -0.264 e. The summed E-state index contributed by atoms with van der Waals surface area (Å²) >= 11 is 1.88. The third-order valence-electron chi connectivity index (χ3n) is 2.82. The number of nitrogens with zero attached hydrogens (tertiary/aromatic N) is 1. The first-order valence-corrected chi connectivity index (χ1v) is 6.90. The summed E-state index contributed by atoms with van der Waals surface area (Å²) in [6, 6.07) is 6.49. The van der Waals surface area contributed by atoms with Crippen molar-refractivity contribution in [3.05, 3.63) is 52.0 Å². The highest BCUT2D eigenvalue weighted by Crippen LogP contribution is 2.29. The summed E-state index contributed by atoms with van der Waals surface area (Å²) in [4.78, 5) is 5.62. The molecule has 2 aromatic rings. The zero-order chi connectivity index (χ0) is 12.3. The van der Waals surface area contributed by atoms with Crippen LogP contribution in [0.1, 0.15) is 36.8 Å². The third-order valence-corrected chi connectivity index (χ3v) is 4.22. The van der Waals surface area contributed by atoms with E-state index < -0.39 is 0 Å². The number of rotatable bonds is 3. The molecule has 0 amide bonds. The fourth-order valence-corrected chi connectivity index (χ4v) is 2.77. The molecule has 0 aliphatic heterocycles. The average Bonchev–Trinajstić information content (AvgIpc) is 2.76. The lowest BCUT2D eigenvalue weighted by molar-refractivity contribution is 0.603. The van der Waals surface area contributed by atoms with Crippen molar-refractivity contribution in [2.75, 3.05) is 0 Å². The van der Waals surface area contributed by atoms with Gasteiger partial charge in [0.05, 0.1) is 0 Å². The van der Waals surface area contributed by atoms with Crippen LogP contribution in [0.3, 0.4) is 0 Å². The van der Waals surface area contributed by atoms with Crippen molar-refractivity contribution in [2.45, 2.75) is 39.0 Å². The molecule has 17 heavy (non-hydrogen) atoms. The van der Waals surface area contributed by atoms with Gasteiger partial charge in [-0.05, 0) is 46.9 Å². The summed E-state index contributed by atoms with van der Waals surface area (Å²) in [6.07, 6.45) is 5.97. The molecule has 2 aromatic heterocycles. The average molecular weight is 245 g/mol. The summed E-state index contributed by atoms with van der Waals surface area (Å²) in [5.41, 5.74) is 3.04. The molecule has 0 bridgehead atoms. The highest BCUT2D eigenvalue weighted by atomic mass is 32.1. The fourth-order valence-electron chi connectivity index (χ4n) is 1.73. The minimum atomic E-state index is 0.275. The van der Waals surface area contributed by atoms with Gasteiger partial charge in [0, 0.05) is 17.3 Å². The van der Waals surface area contributed by atoms with E-state index in [0.29, 0.717) is 0 Å². The topological polar surface area (TPSA) is 12.9 Å². The molecule has 0 aliphatic carbocycles. The molecule has 1 nitrogen and oxygen atoms in total. The second-order valence-electron chi connectivity index (χ2n) is 5.43. The molecule has 2 rings (SSSR count). The summed E-state index contributed by atoms with van der Waals surface area (Å²) in [5, 5.41) is 2.29. The lowest BCUT2D eigenvalue weighted by atomic mass is 9.94. The molecular weight excluding hydrogens is 226 g/mol. The second-order valence-corrected chi connectivity index (χ2v) is 6.34. The first-order valence-electron chi connectivity index (χ1n) is 6.02. The van der Waals surface area contributed by atoms with Crippen molar-refractivity contribution < 1.29 is 0 Å². The van der Waals surface area contributed by atoms with Crippen LogP contribution >= 0.6 is 11.3 Å². The molecule has 0 aromatic carbocycles. The van der Waals surface area contributed by atoms with E-state index in [1.54, 1.807) is 0 Å². The van der Waals surface area contributed by atoms with Crippen molar-refractivity contribution >= 4 is 11.3 Å². The van der Waals surface area contributed by atoms with Crippen LogP contribution in [0.2, 0.25) is 0 Å². The van der Waals surface area contributed by atoms with Crippen LogP contribution < -0.4 is 0 Å². The minimum absolute atomic E-state index is 0.275. The zero-order valence-corrected chi connectivity index (χ0v) is 11.6. The van der Waals surface area contributed by atoms with Gasteiger partial charge in [0.1, 0.15) is 0 Å². The highest BCUT2D eigenvalue weighted by molar-refractivity contribution is 7.10. The van der Waals surface area contributed by atoms with E-state index in [1.165, 1.54) is 16.0 Å². The molecule has 0 spiro atoms. The van der Waals surface area contributed by atoms with E-state index >= 15 is 0 Å². The van der Waals surface area contributed by atoms with Gasteiger partial charge in [0.2, 0.25) is 0 Å². The Labute approximate surface area is 108 Å². The normalized spacial score (nSPS) is 11.7. The van der Waals surface area contributed by atoms with Gasteiger partial charge in [-0.15, -0.1) is 11.3 Å². The summed E-state index contributed by atoms with van der Waals surface area (Å²) in [7, 11) is 0. The SMILES string of the molecule is CC(C)(C)c1cc(CCc2cccnc2)cs1. The van der Waals surface area contributed by atoms with Gasteiger partial charge in [-0.25, -0.2) is 0 Å². The predicted molar refractivity (Wildman–Crippen MR) is 74.7 cm³/mol. The monoisotopic (exact) mass is 245 g/mol. The van der Waals surface area contributed by atoms with Crippen molar-refractivity contribution in [1.82, 2.24) is 4.98 Å². The molecule has 0 saturated carbocycles. The zero-order valence-electron chi connectivity index (χ0n) is 10.7. The van der Waals surface area contributed by atoms with Crippen LogP contribution in [0, 0.1) is 0 Å². The first-order chi connectivity index (χ1) is 8.05. The maximum atomic E-state index is 4.14. The van der Waals surface area contributed by atoms with Crippen LogP contribution in [-0.2, 0) is 18.3 Å². The number of aromatic nitrogens is 1. The van der Waals surface area contributed by atoms with E-state index in [1.807, 2.05) is 29.8 Å². The Morgan fingerprint density at radius 3 is 2.53 bits per heavy atom. The fraction of sp³-hybridized carbons (Fsp3) is 0.400. The Kier molecular flexibility index (Phi) is 3.63. The molecule has 0 N–H and O–H groups in total. The standard InChI is InChI=1S/C15H19NS/c1-15(2,3)14-9-13(11-17-14)7-6-12-5-4-8-16-10-12/h4-5,8-11H,6-7H2,1-3H3. The lowest BCUT2D eigenvalue weighted by Gasteiger charge is -2.15. The molecule has 0 unspecified atom stereocenters. The van der Waals surface area contributed by atoms with Gasteiger partial charge in [-0.2, -0.15) is 0 Å². The molecule has 0 aliphatic rings. The number of thiophene rings is 1. The van der Waals surface area contributed by atoms with Crippen LogP contribution in [0.5, 0.6) is 0 Å². The molecule has 2 heterocycles. The Balaban J connectivity index is 1.99. The first kappa shape index (κ1) is 12.3. The molecule has 0 fully saturated rings. The molecule has 2 heteroatoms. The number of pyridine rings is 1. The second kappa shape index (κ2) is 5.01. The number of aryl methyl sites for hydroxylation is 2. The Morgan fingerprint density at radius 2 is 1.94 bits per heavy atom. The largest absolute Gasteiger partial charge is 0.264 e. The van der Waals surface area contributed by atoms with Crippen molar-refractivity contribution in [3.8, 4) is 0 Å². The van der Waals surface area contributed by atoms with Crippen LogP contribution in [-0.4, -0.2) is 4.98 Å². The maximum absolute atomic E-state index is 4.14. The van der Waals surface area contributed by atoms with Crippen LogP contribution in [0.25, 0.3) is 0 Å². The van der Waals surface area contributed by atoms with E-state index in [0.717, 1.165) is 12.8 Å². The Hall–Kier alpha value is -1.15. The van der Waals surface area contributed by atoms with Gasteiger partial charge in [-0.3, -0.25) is 4.98 Å². The van der Waals surface area contributed by atoms with E-state index in [-0.39, 0.29) is 5.41 Å². The molecule has 0 saturated heterocycles. The van der Waals surface area contributed by atoms with Crippen molar-refractivity contribution in [3.63, 3.8) is 0 Å². The Morgan fingerprint density at radius 1 is 1.18 bits per heavy atom. The highest BCUT2D eigenvalue weighted by Gasteiger charge is 2.15.